The van der Waals surface area contributed by atoms with Crippen LogP contribution in [0, 0.1) is 5.82 Å². The molecule has 0 aliphatic rings. The lowest BCUT2D eigenvalue weighted by Gasteiger charge is -2.18. The predicted octanol–water partition coefficient (Wildman–Crippen LogP) is 4.98. The zero-order chi connectivity index (χ0) is 24.6. The molecule has 8 heteroatoms. The van der Waals surface area contributed by atoms with Gasteiger partial charge in [-0.1, -0.05) is 49.9 Å². The fourth-order valence-corrected chi connectivity index (χ4v) is 4.82. The third-order valence-corrected chi connectivity index (χ3v) is 7.01. The van der Waals surface area contributed by atoms with Gasteiger partial charge in [-0.05, 0) is 54.5 Å². The van der Waals surface area contributed by atoms with Crippen LogP contribution in [0.5, 0.6) is 0 Å². The molecule has 0 radical (unpaired) electrons. The van der Waals surface area contributed by atoms with E-state index in [0.717, 1.165) is 47.0 Å². The summed E-state index contributed by atoms with van der Waals surface area (Å²) in [6, 6.07) is 16.1. The van der Waals surface area contributed by atoms with Crippen LogP contribution in [-0.4, -0.2) is 51.5 Å². The van der Waals surface area contributed by atoms with Crippen LogP contribution in [-0.2, 0) is 12.3 Å². The molecule has 2 aromatic heterocycles. The van der Waals surface area contributed by atoms with E-state index < -0.39 is 0 Å². The molecule has 0 spiro atoms. The van der Waals surface area contributed by atoms with Crippen LogP contribution in [0.15, 0.2) is 72.1 Å². The molecule has 0 unspecified atom stereocenters. The number of pyridine rings is 1. The molecule has 6 nitrogen and oxygen atoms in total. The van der Waals surface area contributed by atoms with Gasteiger partial charge in [0.1, 0.15) is 5.82 Å². The molecule has 0 aliphatic carbocycles. The highest BCUT2D eigenvalue weighted by molar-refractivity contribution is 7.98. The molecule has 0 saturated heterocycles. The zero-order valence-corrected chi connectivity index (χ0v) is 20.9. The Hall–Kier alpha value is -3.23. The lowest BCUT2D eigenvalue weighted by Crippen LogP contribution is -2.34. The van der Waals surface area contributed by atoms with Gasteiger partial charge in [-0.15, -0.1) is 0 Å². The quantitative estimate of drug-likeness (QED) is 0.300. The summed E-state index contributed by atoms with van der Waals surface area (Å²) in [6.07, 6.45) is 3.56. The van der Waals surface area contributed by atoms with Crippen molar-refractivity contribution < 1.29 is 9.18 Å². The number of carbonyl (C=O) groups is 1. The molecule has 2 aromatic carbocycles. The summed E-state index contributed by atoms with van der Waals surface area (Å²) < 4.78 is 15.4. The van der Waals surface area contributed by atoms with Crippen LogP contribution in [0.25, 0.3) is 11.0 Å². The Morgan fingerprint density at radius 3 is 2.46 bits per heavy atom. The summed E-state index contributed by atoms with van der Waals surface area (Å²) in [5.41, 5.74) is 4.58. The van der Waals surface area contributed by atoms with Gasteiger partial charge in [0.2, 0.25) is 0 Å². The molecule has 0 saturated carbocycles. The van der Waals surface area contributed by atoms with Crippen LogP contribution < -0.4 is 5.32 Å². The Labute approximate surface area is 209 Å². The predicted molar refractivity (Wildman–Crippen MR) is 139 cm³/mol. The number of fused-ring (bicyclic) bond motifs is 1. The maximum Gasteiger partial charge on any atom is 0.251 e. The summed E-state index contributed by atoms with van der Waals surface area (Å²) >= 11 is 1.61. The zero-order valence-electron chi connectivity index (χ0n) is 20.1. The van der Waals surface area contributed by atoms with Crippen molar-refractivity contribution in [2.24, 2.45) is 0 Å². The van der Waals surface area contributed by atoms with Gasteiger partial charge in [0.25, 0.3) is 5.91 Å². The van der Waals surface area contributed by atoms with Crippen LogP contribution in [0.1, 0.15) is 35.3 Å². The normalized spacial score (nSPS) is 11.3. The van der Waals surface area contributed by atoms with Gasteiger partial charge in [-0.25, -0.2) is 9.37 Å². The van der Waals surface area contributed by atoms with Gasteiger partial charge in [0.15, 0.2) is 5.16 Å². The lowest BCUT2D eigenvalue weighted by atomic mass is 10.1. The number of thioether (sulfide) groups is 1. The first-order valence-electron chi connectivity index (χ1n) is 11.8. The van der Waals surface area contributed by atoms with E-state index in [1.54, 1.807) is 30.1 Å². The summed E-state index contributed by atoms with van der Waals surface area (Å²) in [7, 11) is 0. The van der Waals surface area contributed by atoms with Crippen molar-refractivity contribution in [2.45, 2.75) is 31.3 Å². The van der Waals surface area contributed by atoms with Crippen LogP contribution in [0.2, 0.25) is 0 Å². The highest BCUT2D eigenvalue weighted by Crippen LogP contribution is 2.27. The maximum absolute atomic E-state index is 13.2. The number of benzene rings is 2. The number of hydrogen-bond donors (Lipinski definition) is 1. The Morgan fingerprint density at radius 2 is 1.74 bits per heavy atom. The molecule has 1 amide bonds. The number of carbonyl (C=O) groups excluding carboxylic acids is 1. The highest BCUT2D eigenvalue weighted by atomic mass is 32.2. The fourth-order valence-electron chi connectivity index (χ4n) is 3.85. The van der Waals surface area contributed by atoms with E-state index >= 15 is 0 Å². The number of imidazole rings is 1. The molecule has 182 valence electrons. The number of aromatic nitrogens is 3. The minimum absolute atomic E-state index is 0.0588. The van der Waals surface area contributed by atoms with Gasteiger partial charge >= 0.3 is 0 Å². The van der Waals surface area contributed by atoms with Crippen molar-refractivity contribution in [3.8, 4) is 0 Å². The standard InChI is InChI=1S/C27H30FN5OS/c1-3-32(4-2)16-15-30-26(34)22-9-5-20(6-10-22)18-33-25-17-29-14-13-24(25)31-27(33)35-19-21-7-11-23(28)12-8-21/h5-14,17H,3-4,15-16,18-19H2,1-2H3,(H,30,34). The van der Waals surface area contributed by atoms with Crippen LogP contribution in [0.3, 0.4) is 0 Å². The number of halogens is 1. The molecular formula is C27H30FN5OS. The van der Waals surface area contributed by atoms with Crippen molar-refractivity contribution in [1.82, 2.24) is 24.8 Å². The van der Waals surface area contributed by atoms with Crippen molar-refractivity contribution in [3.05, 3.63) is 89.5 Å². The van der Waals surface area contributed by atoms with Gasteiger partial charge in [0, 0.05) is 30.6 Å². The van der Waals surface area contributed by atoms with E-state index in [4.69, 9.17) is 4.98 Å². The average molecular weight is 492 g/mol. The number of rotatable bonds is 11. The third kappa shape index (κ3) is 6.46. The molecule has 2 heterocycles. The molecule has 4 rings (SSSR count). The Balaban J connectivity index is 1.45. The van der Waals surface area contributed by atoms with E-state index in [9.17, 15) is 9.18 Å². The Kier molecular flexibility index (Phi) is 8.50. The van der Waals surface area contributed by atoms with Gasteiger partial charge in [-0.2, -0.15) is 0 Å². The Bertz CT molecular complexity index is 1250. The van der Waals surface area contributed by atoms with Crippen LogP contribution >= 0.6 is 11.8 Å². The van der Waals surface area contributed by atoms with Gasteiger partial charge in [-0.3, -0.25) is 9.78 Å². The van der Waals surface area contributed by atoms with E-state index in [1.807, 2.05) is 36.5 Å². The highest BCUT2D eigenvalue weighted by Gasteiger charge is 2.13. The van der Waals surface area contributed by atoms with Crippen molar-refractivity contribution in [3.63, 3.8) is 0 Å². The summed E-state index contributed by atoms with van der Waals surface area (Å²) in [6.45, 7) is 8.28. The summed E-state index contributed by atoms with van der Waals surface area (Å²) in [4.78, 5) is 23.9. The van der Waals surface area contributed by atoms with E-state index in [2.05, 4.69) is 33.6 Å². The molecule has 0 fully saturated rings. The second kappa shape index (κ2) is 12.0. The van der Waals surface area contributed by atoms with Crippen molar-refractivity contribution in [1.29, 1.82) is 0 Å². The minimum Gasteiger partial charge on any atom is -0.351 e. The second-order valence-electron chi connectivity index (χ2n) is 8.24. The van der Waals surface area contributed by atoms with Crippen molar-refractivity contribution >= 4 is 28.7 Å². The topological polar surface area (TPSA) is 63.1 Å². The summed E-state index contributed by atoms with van der Waals surface area (Å²) in [5, 5.41) is 3.87. The molecule has 0 aliphatic heterocycles. The number of nitrogens with one attached hydrogen (secondary N) is 1. The SMILES string of the molecule is CCN(CC)CCNC(=O)c1ccc(Cn2c(SCc3ccc(F)cc3)nc3ccncc32)cc1. The first-order chi connectivity index (χ1) is 17.1. The smallest absolute Gasteiger partial charge is 0.251 e. The second-order valence-corrected chi connectivity index (χ2v) is 9.18. The molecule has 0 atom stereocenters. The number of hydrogen-bond acceptors (Lipinski definition) is 5. The number of likely N-dealkylation sites (N-methyl/N-ethyl adjacent to an activating group) is 1. The fraction of sp³-hybridized carbons (Fsp3) is 0.296. The van der Waals surface area contributed by atoms with E-state index in [-0.39, 0.29) is 11.7 Å². The lowest BCUT2D eigenvalue weighted by molar-refractivity contribution is 0.0949. The average Bonchev–Trinajstić information content (AvgIpc) is 3.24. The molecule has 4 aromatic rings. The monoisotopic (exact) mass is 491 g/mol. The van der Waals surface area contributed by atoms with Crippen molar-refractivity contribution in [2.75, 3.05) is 26.2 Å². The first-order valence-corrected chi connectivity index (χ1v) is 12.8. The molecular weight excluding hydrogens is 461 g/mol. The summed E-state index contributed by atoms with van der Waals surface area (Å²) in [5.74, 6) is 0.388. The van der Waals surface area contributed by atoms with Gasteiger partial charge < -0.3 is 14.8 Å². The molecule has 1 N–H and O–H groups in total. The molecule has 35 heavy (non-hydrogen) atoms. The van der Waals surface area contributed by atoms with E-state index in [0.29, 0.717) is 24.4 Å². The third-order valence-electron chi connectivity index (χ3n) is 5.96. The Morgan fingerprint density at radius 1 is 1.03 bits per heavy atom. The number of nitrogens with zero attached hydrogens (tertiary/aromatic N) is 4. The minimum atomic E-state index is -0.238. The molecule has 0 bridgehead atoms. The first kappa shape index (κ1) is 24.9. The maximum atomic E-state index is 13.2. The van der Waals surface area contributed by atoms with Crippen LogP contribution in [0.4, 0.5) is 4.39 Å². The van der Waals surface area contributed by atoms with E-state index in [1.165, 1.54) is 12.1 Å². The number of amides is 1. The largest absolute Gasteiger partial charge is 0.351 e. The van der Waals surface area contributed by atoms with Gasteiger partial charge in [0.05, 0.1) is 23.8 Å².